The zero-order chi connectivity index (χ0) is 13.9. The van der Waals surface area contributed by atoms with E-state index in [9.17, 15) is 12.8 Å². The summed E-state index contributed by atoms with van der Waals surface area (Å²) in [6.45, 7) is 0. The summed E-state index contributed by atoms with van der Waals surface area (Å²) >= 11 is 0. The van der Waals surface area contributed by atoms with Crippen LogP contribution < -0.4 is 4.72 Å². The number of nitriles is 1. The molecule has 0 fully saturated rings. The maximum Gasteiger partial charge on any atom is 0.263 e. The Kier molecular flexibility index (Phi) is 3.44. The molecule has 0 amide bonds. The van der Waals surface area contributed by atoms with Gasteiger partial charge < -0.3 is 0 Å². The smallest absolute Gasteiger partial charge is 0.263 e. The van der Waals surface area contributed by atoms with Crippen LogP contribution in [0.25, 0.3) is 0 Å². The highest BCUT2D eigenvalue weighted by Crippen LogP contribution is 2.15. The first-order chi connectivity index (χ1) is 9.01. The number of aromatic nitrogens is 1. The highest BCUT2D eigenvalue weighted by Gasteiger charge is 2.14. The second-order valence-electron chi connectivity index (χ2n) is 3.60. The van der Waals surface area contributed by atoms with Crippen LogP contribution in [0.3, 0.4) is 0 Å². The van der Waals surface area contributed by atoms with Gasteiger partial charge in [-0.05, 0) is 36.4 Å². The van der Waals surface area contributed by atoms with Crippen LogP contribution in [0.4, 0.5) is 10.1 Å². The lowest BCUT2D eigenvalue weighted by Crippen LogP contribution is -2.13. The molecule has 5 nitrogen and oxygen atoms in total. The Bertz CT molecular complexity index is 719. The third-order valence-corrected chi connectivity index (χ3v) is 3.62. The predicted molar refractivity (Wildman–Crippen MR) is 66.2 cm³/mol. The molecule has 0 atom stereocenters. The van der Waals surface area contributed by atoms with Gasteiger partial charge in [-0.25, -0.2) is 17.8 Å². The van der Waals surface area contributed by atoms with Crippen LogP contribution in [0, 0.1) is 17.1 Å². The van der Waals surface area contributed by atoms with Crippen LogP contribution >= 0.6 is 0 Å². The zero-order valence-electron chi connectivity index (χ0n) is 9.54. The molecule has 0 spiro atoms. The average Bonchev–Trinajstić information content (AvgIpc) is 2.41. The number of hydrogen-bond donors (Lipinski definition) is 1. The second-order valence-corrected chi connectivity index (χ2v) is 5.29. The largest absolute Gasteiger partial charge is 0.280 e. The van der Waals surface area contributed by atoms with Gasteiger partial charge in [0.2, 0.25) is 0 Å². The van der Waals surface area contributed by atoms with E-state index < -0.39 is 15.8 Å². The van der Waals surface area contributed by atoms with Gasteiger partial charge >= 0.3 is 0 Å². The normalized spacial score (nSPS) is 10.7. The minimum atomic E-state index is -3.80. The molecule has 2 aromatic rings. The van der Waals surface area contributed by atoms with E-state index in [4.69, 9.17) is 5.26 Å². The number of rotatable bonds is 3. The molecule has 0 aliphatic carbocycles. The minimum Gasteiger partial charge on any atom is -0.280 e. The molecule has 0 aliphatic heterocycles. The van der Waals surface area contributed by atoms with Gasteiger partial charge in [-0.3, -0.25) is 4.72 Å². The number of sulfonamides is 1. The number of pyridine rings is 1. The van der Waals surface area contributed by atoms with E-state index in [1.165, 1.54) is 24.3 Å². The van der Waals surface area contributed by atoms with E-state index in [1.807, 2.05) is 0 Å². The van der Waals surface area contributed by atoms with Crippen molar-refractivity contribution in [2.75, 3.05) is 4.72 Å². The number of halogens is 1. The monoisotopic (exact) mass is 277 g/mol. The fourth-order valence-electron chi connectivity index (χ4n) is 1.34. The van der Waals surface area contributed by atoms with Crippen molar-refractivity contribution in [1.82, 2.24) is 4.98 Å². The number of nitrogens with zero attached hydrogens (tertiary/aromatic N) is 2. The van der Waals surface area contributed by atoms with Gasteiger partial charge in [-0.1, -0.05) is 0 Å². The maximum atomic E-state index is 12.7. The van der Waals surface area contributed by atoms with E-state index in [1.54, 1.807) is 6.07 Å². The quantitative estimate of drug-likeness (QED) is 0.928. The fourth-order valence-corrected chi connectivity index (χ4v) is 2.34. The lowest BCUT2D eigenvalue weighted by atomic mass is 10.3. The molecular weight excluding hydrogens is 269 g/mol. The summed E-state index contributed by atoms with van der Waals surface area (Å²) in [5, 5.41) is 8.58. The lowest BCUT2D eigenvalue weighted by molar-refractivity contribution is 0.600. The average molecular weight is 277 g/mol. The lowest BCUT2D eigenvalue weighted by Gasteiger charge is -2.07. The van der Waals surface area contributed by atoms with Crippen LogP contribution in [-0.4, -0.2) is 13.4 Å². The van der Waals surface area contributed by atoms with Crippen molar-refractivity contribution in [3.05, 3.63) is 54.1 Å². The molecule has 0 bridgehead atoms. The van der Waals surface area contributed by atoms with E-state index in [0.717, 1.165) is 18.3 Å². The van der Waals surface area contributed by atoms with Crippen molar-refractivity contribution < 1.29 is 12.8 Å². The summed E-state index contributed by atoms with van der Waals surface area (Å²) in [5.41, 5.74) is 0.367. The molecule has 2 rings (SSSR count). The summed E-state index contributed by atoms with van der Waals surface area (Å²) in [7, 11) is -3.80. The topological polar surface area (TPSA) is 82.8 Å². The highest BCUT2D eigenvalue weighted by atomic mass is 32.2. The van der Waals surface area contributed by atoms with Crippen LogP contribution in [0.15, 0.2) is 47.5 Å². The van der Waals surface area contributed by atoms with Gasteiger partial charge in [0, 0.05) is 11.9 Å². The van der Waals surface area contributed by atoms with Gasteiger partial charge in [0.15, 0.2) is 0 Å². The molecule has 0 radical (unpaired) electrons. The van der Waals surface area contributed by atoms with Crippen molar-refractivity contribution in [2.45, 2.75) is 4.90 Å². The molecule has 7 heteroatoms. The Balaban J connectivity index is 2.27. The standard InChI is InChI=1S/C12H8FN3O2S/c13-9-1-3-10(4-2-9)16-19(17,18)12-6-5-11(7-14)15-8-12/h1-6,8,16H. The second kappa shape index (κ2) is 5.04. The number of nitrogens with one attached hydrogen (secondary N) is 1. The number of anilines is 1. The highest BCUT2D eigenvalue weighted by molar-refractivity contribution is 7.92. The number of hydrogen-bond acceptors (Lipinski definition) is 4. The molecule has 96 valence electrons. The molecule has 19 heavy (non-hydrogen) atoms. The van der Waals surface area contributed by atoms with Crippen molar-refractivity contribution in [2.24, 2.45) is 0 Å². The van der Waals surface area contributed by atoms with Crippen LogP contribution in [0.5, 0.6) is 0 Å². The van der Waals surface area contributed by atoms with Crippen molar-refractivity contribution >= 4 is 15.7 Å². The van der Waals surface area contributed by atoms with Crippen molar-refractivity contribution in [3.63, 3.8) is 0 Å². The van der Waals surface area contributed by atoms with Gasteiger partial charge in [0.05, 0.1) is 0 Å². The first-order valence-electron chi connectivity index (χ1n) is 5.16. The fraction of sp³-hybridized carbons (Fsp3) is 0. The van der Waals surface area contributed by atoms with Crippen LogP contribution in [-0.2, 0) is 10.0 Å². The Morgan fingerprint density at radius 3 is 2.37 bits per heavy atom. The zero-order valence-corrected chi connectivity index (χ0v) is 10.4. The first-order valence-corrected chi connectivity index (χ1v) is 6.64. The maximum absolute atomic E-state index is 12.7. The van der Waals surface area contributed by atoms with Crippen LogP contribution in [0.2, 0.25) is 0 Å². The molecule has 1 N–H and O–H groups in total. The third kappa shape index (κ3) is 3.05. The van der Waals surface area contributed by atoms with Gasteiger partial charge in [-0.15, -0.1) is 0 Å². The molecule has 0 unspecified atom stereocenters. The summed E-state index contributed by atoms with van der Waals surface area (Å²) < 4.78 is 38.9. The Labute approximate surface area is 109 Å². The van der Waals surface area contributed by atoms with Gasteiger partial charge in [0.25, 0.3) is 10.0 Å². The summed E-state index contributed by atoms with van der Waals surface area (Å²) in [6.07, 6.45) is 1.09. The van der Waals surface area contributed by atoms with Crippen molar-refractivity contribution in [3.8, 4) is 6.07 Å². The molecule has 0 aliphatic rings. The molecule has 1 aromatic carbocycles. The molecule has 0 saturated carbocycles. The van der Waals surface area contributed by atoms with E-state index in [-0.39, 0.29) is 16.3 Å². The Hall–Kier alpha value is -2.46. The summed E-state index contributed by atoms with van der Waals surface area (Å²) in [6, 6.07) is 9.29. The van der Waals surface area contributed by atoms with Gasteiger partial charge in [0.1, 0.15) is 22.5 Å². The minimum absolute atomic E-state index is 0.0733. The molecule has 0 saturated heterocycles. The molecule has 1 aromatic heterocycles. The molecule has 1 heterocycles. The van der Waals surface area contributed by atoms with E-state index >= 15 is 0 Å². The molecular formula is C12H8FN3O2S. The third-order valence-electron chi connectivity index (χ3n) is 2.26. The van der Waals surface area contributed by atoms with E-state index in [0.29, 0.717) is 0 Å². The Morgan fingerprint density at radius 1 is 1.16 bits per heavy atom. The van der Waals surface area contributed by atoms with Crippen LogP contribution in [0.1, 0.15) is 5.69 Å². The van der Waals surface area contributed by atoms with E-state index in [2.05, 4.69) is 9.71 Å². The SMILES string of the molecule is N#Cc1ccc(S(=O)(=O)Nc2ccc(F)cc2)cn1. The van der Waals surface area contributed by atoms with Crippen molar-refractivity contribution in [1.29, 1.82) is 5.26 Å². The van der Waals surface area contributed by atoms with Gasteiger partial charge in [-0.2, -0.15) is 5.26 Å². The predicted octanol–water partition coefficient (Wildman–Crippen LogP) is 1.89. The summed E-state index contributed by atoms with van der Waals surface area (Å²) in [4.78, 5) is 3.61. The summed E-state index contributed by atoms with van der Waals surface area (Å²) in [5.74, 6) is -0.456. The number of benzene rings is 1. The Morgan fingerprint density at radius 2 is 1.84 bits per heavy atom. The first kappa shape index (κ1) is 13.0.